The number of amides is 2. The van der Waals surface area contributed by atoms with Gasteiger partial charge < -0.3 is 15.2 Å². The number of nitrogens with zero attached hydrogens (tertiary/aromatic N) is 1. The van der Waals surface area contributed by atoms with E-state index in [1.807, 2.05) is 6.92 Å². The summed E-state index contributed by atoms with van der Waals surface area (Å²) in [5.74, 6) is -0.0496. The van der Waals surface area contributed by atoms with Gasteiger partial charge in [0.1, 0.15) is 4.64 Å². The Morgan fingerprint density at radius 2 is 2.37 bits per heavy atom. The number of hydrogen-bond donors (Lipinski definition) is 2. The van der Waals surface area contributed by atoms with Crippen molar-refractivity contribution in [2.24, 2.45) is 0 Å². The summed E-state index contributed by atoms with van der Waals surface area (Å²) in [5.41, 5.74) is 0.470. The lowest BCUT2D eigenvalue weighted by Gasteiger charge is -2.16. The van der Waals surface area contributed by atoms with Crippen LogP contribution in [0.15, 0.2) is 18.3 Å². The van der Waals surface area contributed by atoms with Gasteiger partial charge in [-0.05, 0) is 18.6 Å². The lowest BCUT2D eigenvalue weighted by molar-refractivity contribution is -0.129. The third kappa shape index (κ3) is 3.20. The molecule has 1 aromatic rings. The summed E-state index contributed by atoms with van der Waals surface area (Å²) < 4.78 is 0.430. The molecule has 1 aromatic heterocycles. The highest BCUT2D eigenvalue weighted by atomic mass is 32.1. The summed E-state index contributed by atoms with van der Waals surface area (Å²) in [6, 6.07) is 3.45. The topological polar surface area (TPSA) is 65.2 Å². The van der Waals surface area contributed by atoms with Crippen molar-refractivity contribution in [3.8, 4) is 0 Å². The van der Waals surface area contributed by atoms with Crippen LogP contribution in [0.25, 0.3) is 0 Å². The van der Waals surface area contributed by atoms with Crippen LogP contribution in [0.3, 0.4) is 0 Å². The highest BCUT2D eigenvalue weighted by Crippen LogP contribution is 2.11. The maximum atomic E-state index is 12.1. The van der Waals surface area contributed by atoms with Crippen LogP contribution in [0.4, 0.5) is 0 Å². The molecule has 2 amide bonds. The number of carbonyl (C=O) groups is 2. The zero-order chi connectivity index (χ0) is 13.8. The van der Waals surface area contributed by atoms with Crippen LogP contribution in [0.5, 0.6) is 0 Å². The van der Waals surface area contributed by atoms with Crippen molar-refractivity contribution in [3.05, 3.63) is 28.5 Å². The summed E-state index contributed by atoms with van der Waals surface area (Å²) >= 11 is 5.07. The third-order valence-electron chi connectivity index (χ3n) is 3.24. The molecule has 19 heavy (non-hydrogen) atoms. The predicted molar refractivity (Wildman–Crippen MR) is 74.4 cm³/mol. The Kier molecular flexibility index (Phi) is 4.31. The van der Waals surface area contributed by atoms with E-state index in [9.17, 15) is 9.59 Å². The molecule has 0 saturated carbocycles. The smallest absolute Gasteiger partial charge is 0.254 e. The first-order valence-electron chi connectivity index (χ1n) is 6.38. The van der Waals surface area contributed by atoms with E-state index in [-0.39, 0.29) is 17.9 Å². The number of rotatable bonds is 3. The average Bonchev–Trinajstić information content (AvgIpc) is 2.86. The van der Waals surface area contributed by atoms with Gasteiger partial charge in [0.05, 0.1) is 5.56 Å². The monoisotopic (exact) mass is 279 g/mol. The van der Waals surface area contributed by atoms with Crippen LogP contribution < -0.4 is 5.32 Å². The van der Waals surface area contributed by atoms with Crippen molar-refractivity contribution >= 4 is 24.0 Å². The van der Waals surface area contributed by atoms with Crippen LogP contribution >= 0.6 is 12.2 Å². The lowest BCUT2D eigenvalue weighted by Crippen LogP contribution is -2.38. The Labute approximate surface area is 117 Å². The fraction of sp³-hybridized carbons (Fsp3) is 0.462. The molecule has 6 heteroatoms. The fourth-order valence-electron chi connectivity index (χ4n) is 2.19. The molecule has 2 N–H and O–H groups in total. The van der Waals surface area contributed by atoms with Gasteiger partial charge in [-0.3, -0.25) is 9.59 Å². The lowest BCUT2D eigenvalue weighted by atomic mass is 10.2. The van der Waals surface area contributed by atoms with Gasteiger partial charge >= 0.3 is 0 Å². The summed E-state index contributed by atoms with van der Waals surface area (Å²) in [6.45, 7) is 3.14. The van der Waals surface area contributed by atoms with Gasteiger partial charge in [0.2, 0.25) is 5.91 Å². The Balaban J connectivity index is 1.96. The number of carbonyl (C=O) groups excluding carboxylic acids is 2. The standard InChI is InChI=1S/C13H17N3O2S/c1-2-11(17)16-7-5-9(8-16)15-12(18)10-4-3-6-14-13(10)19/h3-4,6,9H,2,5,7-8H2,1H3,(H,14,19)(H,15,18). The molecule has 0 spiro atoms. The molecule has 1 fully saturated rings. The minimum Gasteiger partial charge on any atom is -0.352 e. The van der Waals surface area contributed by atoms with Crippen LogP contribution in [-0.2, 0) is 4.79 Å². The first-order chi connectivity index (χ1) is 9.11. The maximum absolute atomic E-state index is 12.1. The number of H-pyrrole nitrogens is 1. The molecule has 2 rings (SSSR count). The van der Waals surface area contributed by atoms with E-state index < -0.39 is 0 Å². The number of aromatic amines is 1. The zero-order valence-electron chi connectivity index (χ0n) is 10.8. The molecule has 5 nitrogen and oxygen atoms in total. The second kappa shape index (κ2) is 5.97. The summed E-state index contributed by atoms with van der Waals surface area (Å²) in [7, 11) is 0. The number of pyridine rings is 1. The molecule has 102 valence electrons. The molecular formula is C13H17N3O2S. The maximum Gasteiger partial charge on any atom is 0.254 e. The average molecular weight is 279 g/mol. The predicted octanol–water partition coefficient (Wildman–Crippen LogP) is 1.48. The molecule has 0 bridgehead atoms. The van der Waals surface area contributed by atoms with E-state index in [0.29, 0.717) is 29.7 Å². The fourth-order valence-corrected chi connectivity index (χ4v) is 2.42. The van der Waals surface area contributed by atoms with E-state index in [1.165, 1.54) is 0 Å². The first-order valence-corrected chi connectivity index (χ1v) is 6.79. The van der Waals surface area contributed by atoms with Gasteiger partial charge in [-0.15, -0.1) is 0 Å². The number of likely N-dealkylation sites (tertiary alicyclic amines) is 1. The number of nitrogens with one attached hydrogen (secondary N) is 2. The molecule has 1 saturated heterocycles. The first kappa shape index (κ1) is 13.7. The van der Waals surface area contributed by atoms with Gasteiger partial charge in [0.25, 0.3) is 5.91 Å². The Morgan fingerprint density at radius 1 is 1.58 bits per heavy atom. The van der Waals surface area contributed by atoms with E-state index in [2.05, 4.69) is 10.3 Å². The van der Waals surface area contributed by atoms with Crippen molar-refractivity contribution in [1.82, 2.24) is 15.2 Å². The van der Waals surface area contributed by atoms with Crippen molar-refractivity contribution in [2.45, 2.75) is 25.8 Å². The van der Waals surface area contributed by atoms with E-state index >= 15 is 0 Å². The molecule has 2 heterocycles. The van der Waals surface area contributed by atoms with Crippen molar-refractivity contribution in [1.29, 1.82) is 0 Å². The summed E-state index contributed by atoms with van der Waals surface area (Å²) in [6.07, 6.45) is 2.99. The van der Waals surface area contributed by atoms with Crippen molar-refractivity contribution in [2.75, 3.05) is 13.1 Å². The van der Waals surface area contributed by atoms with E-state index in [0.717, 1.165) is 6.42 Å². The van der Waals surface area contributed by atoms with Crippen LogP contribution in [0, 0.1) is 4.64 Å². The Bertz CT molecular complexity index is 541. The van der Waals surface area contributed by atoms with Crippen LogP contribution in [0.1, 0.15) is 30.1 Å². The quantitative estimate of drug-likeness (QED) is 0.824. The van der Waals surface area contributed by atoms with Gasteiger partial charge in [-0.25, -0.2) is 0 Å². The molecule has 1 unspecified atom stereocenters. The van der Waals surface area contributed by atoms with Crippen molar-refractivity contribution < 1.29 is 9.59 Å². The second-order valence-corrected chi connectivity index (χ2v) is 4.97. The van der Waals surface area contributed by atoms with Gasteiger partial charge in [0, 0.05) is 31.7 Å². The highest BCUT2D eigenvalue weighted by molar-refractivity contribution is 7.71. The number of aromatic nitrogens is 1. The van der Waals surface area contributed by atoms with Crippen molar-refractivity contribution in [3.63, 3.8) is 0 Å². The summed E-state index contributed by atoms with van der Waals surface area (Å²) in [4.78, 5) is 28.2. The van der Waals surface area contributed by atoms with Gasteiger partial charge in [-0.1, -0.05) is 19.1 Å². The van der Waals surface area contributed by atoms with Crippen LogP contribution in [-0.4, -0.2) is 40.8 Å². The molecule has 0 aliphatic carbocycles. The van der Waals surface area contributed by atoms with E-state index in [4.69, 9.17) is 12.2 Å². The molecule has 0 aromatic carbocycles. The second-order valence-electron chi connectivity index (χ2n) is 4.57. The highest BCUT2D eigenvalue weighted by Gasteiger charge is 2.26. The minimum absolute atomic E-state index is 0.0117. The van der Waals surface area contributed by atoms with Crippen LogP contribution in [0.2, 0.25) is 0 Å². The molecule has 1 atom stereocenters. The molecule has 0 radical (unpaired) electrons. The Hall–Kier alpha value is -1.69. The third-order valence-corrected chi connectivity index (χ3v) is 3.58. The number of hydrogen-bond acceptors (Lipinski definition) is 3. The minimum atomic E-state index is -0.183. The van der Waals surface area contributed by atoms with Gasteiger partial charge in [-0.2, -0.15) is 0 Å². The normalized spacial score (nSPS) is 18.4. The Morgan fingerprint density at radius 3 is 3.05 bits per heavy atom. The molecular weight excluding hydrogens is 262 g/mol. The van der Waals surface area contributed by atoms with E-state index in [1.54, 1.807) is 23.2 Å². The largest absolute Gasteiger partial charge is 0.352 e. The molecule has 1 aliphatic rings. The van der Waals surface area contributed by atoms with Gasteiger partial charge in [0.15, 0.2) is 0 Å². The summed E-state index contributed by atoms with van der Waals surface area (Å²) in [5, 5.41) is 2.93. The molecule has 1 aliphatic heterocycles. The zero-order valence-corrected chi connectivity index (χ0v) is 11.6. The SMILES string of the molecule is CCC(=O)N1CCC(NC(=O)c2ccc[nH]c2=S)C1.